The van der Waals surface area contributed by atoms with Crippen LogP contribution in [0, 0.1) is 34.5 Å². The number of halogens is 1. The number of rotatable bonds is 12. The predicted octanol–water partition coefficient (Wildman–Crippen LogP) is 6.72. The van der Waals surface area contributed by atoms with E-state index >= 15 is 0 Å². The molecule has 2 aromatic rings. The van der Waals surface area contributed by atoms with Gasteiger partial charge in [0, 0.05) is 39.8 Å². The van der Waals surface area contributed by atoms with E-state index in [0.717, 1.165) is 59.1 Å². The number of thioether (sulfide) groups is 1. The molecule has 2 bridgehead atoms. The zero-order chi connectivity index (χ0) is 30.8. The van der Waals surface area contributed by atoms with Crippen molar-refractivity contribution in [2.45, 2.75) is 62.3 Å². The summed E-state index contributed by atoms with van der Waals surface area (Å²) in [6.45, 7) is 4.40. The van der Waals surface area contributed by atoms with E-state index in [1.807, 2.05) is 30.0 Å². The van der Waals surface area contributed by atoms with Crippen molar-refractivity contribution in [2.24, 2.45) is 34.1 Å². The van der Waals surface area contributed by atoms with Crippen LogP contribution in [0.5, 0.6) is 11.5 Å². The van der Waals surface area contributed by atoms with Crippen LogP contribution in [-0.4, -0.2) is 48.4 Å². The number of methoxy groups -OCH3 is 2. The summed E-state index contributed by atoms with van der Waals surface area (Å²) in [4.78, 5) is 19.8. The summed E-state index contributed by atoms with van der Waals surface area (Å²) < 4.78 is 17.5. The van der Waals surface area contributed by atoms with Gasteiger partial charge in [-0.25, -0.2) is 9.79 Å². The second kappa shape index (κ2) is 11.3. The second-order valence-electron chi connectivity index (χ2n) is 13.4. The molecule has 4 aliphatic carbocycles. The molecule has 44 heavy (non-hydrogen) atoms. The van der Waals surface area contributed by atoms with Crippen molar-refractivity contribution >= 4 is 56.7 Å². The average Bonchev–Trinajstić information content (AvgIpc) is 3.67. The third kappa shape index (κ3) is 4.36. The summed E-state index contributed by atoms with van der Waals surface area (Å²) in [6, 6.07) is 12.3. The molecule has 0 amide bonds. The van der Waals surface area contributed by atoms with E-state index < -0.39 is 5.54 Å². The number of fused-ring (bicyclic) bond motifs is 3. The topological polar surface area (TPSA) is 97.6 Å². The van der Waals surface area contributed by atoms with E-state index in [1.54, 1.807) is 20.3 Å². The number of hydrogen-bond donors (Lipinski definition) is 2. The first-order chi connectivity index (χ1) is 21.3. The van der Waals surface area contributed by atoms with Gasteiger partial charge in [0.25, 0.3) is 0 Å². The van der Waals surface area contributed by atoms with Gasteiger partial charge >= 0.3 is 5.97 Å². The molecule has 232 valence electrons. The lowest BCUT2D eigenvalue weighted by Gasteiger charge is -2.72. The SMILES string of the molecule is COc1cccc(OC)c1/C(=C/C(=N)C1=NC2(C(=O)O1)C1CC3CC4CC2C41C3)[NH2+]c1ccc(SCCCBr)cc1C(C)C. The minimum absolute atomic E-state index is 0.0856. The van der Waals surface area contributed by atoms with Gasteiger partial charge < -0.3 is 14.2 Å². The maximum atomic E-state index is 13.5. The Hall–Kier alpha value is -2.62. The number of cyclic esters (lactones) is 1. The number of quaternary nitrogens is 1. The summed E-state index contributed by atoms with van der Waals surface area (Å²) >= 11 is 5.40. The van der Waals surface area contributed by atoms with E-state index in [0.29, 0.717) is 16.9 Å². The normalized spacial score (nSPS) is 31.0. The van der Waals surface area contributed by atoms with Crippen molar-refractivity contribution in [3.8, 4) is 11.5 Å². The number of aliphatic imine (C=N–C) groups is 1. The lowest BCUT2D eigenvalue weighted by Crippen LogP contribution is -2.77. The van der Waals surface area contributed by atoms with Gasteiger partial charge in [0.05, 0.1) is 14.2 Å². The van der Waals surface area contributed by atoms with Gasteiger partial charge in [-0.3, -0.25) is 10.7 Å². The highest BCUT2D eigenvalue weighted by atomic mass is 79.9. The van der Waals surface area contributed by atoms with Gasteiger partial charge in [0.15, 0.2) is 11.2 Å². The Labute approximate surface area is 272 Å². The van der Waals surface area contributed by atoms with Gasteiger partial charge in [-0.2, -0.15) is 0 Å². The van der Waals surface area contributed by atoms with Crippen LogP contribution in [0.3, 0.4) is 0 Å². The van der Waals surface area contributed by atoms with Crippen LogP contribution in [0.4, 0.5) is 5.69 Å². The number of alkyl halides is 1. The quantitative estimate of drug-likeness (QED) is 0.0649. The fraction of sp³-hybridized carbons (Fsp3) is 0.514. The number of nitrogens with one attached hydrogen (secondary N) is 1. The van der Waals surface area contributed by atoms with Gasteiger partial charge in [0.2, 0.25) is 5.90 Å². The molecule has 0 radical (unpaired) electrons. The Bertz CT molecular complexity index is 1570. The fourth-order valence-corrected chi connectivity index (χ4v) is 10.9. The molecular formula is C35H41BrN3O4S+. The Kier molecular flexibility index (Phi) is 7.73. The highest BCUT2D eigenvalue weighted by Gasteiger charge is 2.87. The van der Waals surface area contributed by atoms with Gasteiger partial charge in [0.1, 0.15) is 28.5 Å². The molecule has 5 aliphatic rings. The van der Waals surface area contributed by atoms with Crippen LogP contribution < -0.4 is 14.8 Å². The number of nitrogens with zero attached hydrogens (tertiary/aromatic N) is 1. The number of esters is 1. The van der Waals surface area contributed by atoms with E-state index in [4.69, 9.17) is 19.2 Å². The monoisotopic (exact) mass is 678 g/mol. The van der Waals surface area contributed by atoms with E-state index in [2.05, 4.69) is 53.3 Å². The number of nitrogens with two attached hydrogens (primary N) is 1. The summed E-state index contributed by atoms with van der Waals surface area (Å²) in [7, 11) is 3.28. The van der Waals surface area contributed by atoms with Crippen molar-refractivity contribution < 1.29 is 24.3 Å². The van der Waals surface area contributed by atoms with Crippen LogP contribution in [0.15, 0.2) is 52.4 Å². The Morgan fingerprint density at radius 1 is 1.18 bits per heavy atom. The number of carbonyl (C=O) groups is 1. The molecule has 4 saturated carbocycles. The molecule has 0 saturated heterocycles. The Morgan fingerprint density at radius 2 is 1.93 bits per heavy atom. The number of hydrogen-bond acceptors (Lipinski definition) is 7. The van der Waals surface area contributed by atoms with Crippen LogP contribution in [0.2, 0.25) is 0 Å². The molecule has 7 rings (SSSR count). The first-order valence-corrected chi connectivity index (χ1v) is 17.9. The molecular weight excluding hydrogens is 638 g/mol. The highest BCUT2D eigenvalue weighted by Crippen LogP contribution is 2.85. The van der Waals surface area contributed by atoms with E-state index in [1.165, 1.54) is 23.3 Å². The number of ether oxygens (including phenoxy) is 3. The van der Waals surface area contributed by atoms with Crippen LogP contribution in [0.1, 0.15) is 63.0 Å². The fourth-order valence-electron chi connectivity index (χ4n) is 9.37. The highest BCUT2D eigenvalue weighted by molar-refractivity contribution is 9.09. The van der Waals surface area contributed by atoms with Crippen LogP contribution in [-0.2, 0) is 9.53 Å². The standard InChI is InChI=1S/C35H40BrN3O4S/c1-19(2)23-16-22(44-12-6-11-36)9-10-25(23)38-26(31-27(41-3)7-5-8-28(31)42-4)17-24(37)32-39-35(33(40)43-32)29-14-20-13-21-15-30(35)34(21,29)18-20/h5,7-10,16-17,19-21,29-30,37-38H,6,11-15,18H2,1-4H3/p+1/b26-17-,37-24?. The van der Waals surface area contributed by atoms with Crippen molar-refractivity contribution in [1.82, 2.24) is 0 Å². The lowest BCUT2D eigenvalue weighted by molar-refractivity contribution is -0.469. The smallest absolute Gasteiger partial charge is 0.341 e. The maximum absolute atomic E-state index is 13.5. The molecule has 2 spiro atoms. The van der Waals surface area contributed by atoms with Crippen LogP contribution in [0.25, 0.3) is 5.70 Å². The van der Waals surface area contributed by atoms with Gasteiger partial charge in [-0.15, -0.1) is 11.8 Å². The number of benzene rings is 2. The number of carbonyl (C=O) groups excluding carboxylic acids is 1. The van der Waals surface area contributed by atoms with E-state index in [-0.39, 0.29) is 35.3 Å². The van der Waals surface area contributed by atoms with Gasteiger partial charge in [-0.1, -0.05) is 35.8 Å². The molecule has 6 unspecified atom stereocenters. The largest absolute Gasteiger partial charge is 0.496 e. The zero-order valence-electron chi connectivity index (χ0n) is 25.8. The molecule has 2 aromatic carbocycles. The maximum Gasteiger partial charge on any atom is 0.341 e. The lowest BCUT2D eigenvalue weighted by atomic mass is 9.31. The average molecular weight is 680 g/mol. The Balaban J connectivity index is 1.25. The van der Waals surface area contributed by atoms with Crippen molar-refractivity contribution in [3.63, 3.8) is 0 Å². The van der Waals surface area contributed by atoms with E-state index in [9.17, 15) is 10.2 Å². The summed E-state index contributed by atoms with van der Waals surface area (Å²) in [5.41, 5.74) is 3.38. The summed E-state index contributed by atoms with van der Waals surface area (Å²) in [5, 5.41) is 12.3. The minimum Gasteiger partial charge on any atom is -0.496 e. The molecule has 9 heteroatoms. The molecule has 0 aromatic heterocycles. The summed E-state index contributed by atoms with van der Waals surface area (Å²) in [6.07, 6.45) is 7.58. The molecule has 3 N–H and O–H groups in total. The van der Waals surface area contributed by atoms with Crippen molar-refractivity contribution in [3.05, 3.63) is 53.6 Å². The summed E-state index contributed by atoms with van der Waals surface area (Å²) in [5.74, 6) is 4.55. The van der Waals surface area contributed by atoms with Gasteiger partial charge in [-0.05, 0) is 85.3 Å². The molecule has 1 aliphatic heterocycles. The first kappa shape index (κ1) is 30.1. The Morgan fingerprint density at radius 3 is 2.61 bits per heavy atom. The second-order valence-corrected chi connectivity index (χ2v) is 15.3. The van der Waals surface area contributed by atoms with Crippen molar-refractivity contribution in [1.29, 1.82) is 5.41 Å². The first-order valence-electron chi connectivity index (χ1n) is 15.8. The molecule has 1 heterocycles. The minimum atomic E-state index is -0.777. The third-order valence-electron chi connectivity index (χ3n) is 11.1. The third-order valence-corrected chi connectivity index (χ3v) is 12.7. The van der Waals surface area contributed by atoms with Crippen molar-refractivity contribution in [2.75, 3.05) is 25.3 Å². The molecule has 7 nitrogen and oxygen atoms in total. The zero-order valence-corrected chi connectivity index (χ0v) is 28.2. The predicted molar refractivity (Wildman–Crippen MR) is 178 cm³/mol. The van der Waals surface area contributed by atoms with Crippen LogP contribution >= 0.6 is 27.7 Å². The molecule has 6 atom stereocenters. The molecule has 4 fully saturated rings.